The maximum atomic E-state index is 13.8. The minimum absolute atomic E-state index is 0.201. The van der Waals surface area contributed by atoms with Crippen molar-refractivity contribution in [3.8, 4) is 17.2 Å². The van der Waals surface area contributed by atoms with Gasteiger partial charge in [0, 0.05) is 28.2 Å². The molecule has 8 heteroatoms. The van der Waals surface area contributed by atoms with Crippen LogP contribution in [0.2, 0.25) is 0 Å². The van der Waals surface area contributed by atoms with E-state index >= 15 is 0 Å². The van der Waals surface area contributed by atoms with Gasteiger partial charge in [-0.25, -0.2) is 4.39 Å². The topological polar surface area (TPSA) is 63.1 Å². The third-order valence-corrected chi connectivity index (χ3v) is 6.47. The normalized spacial score (nSPS) is 19.9. The lowest BCUT2D eigenvalue weighted by Crippen LogP contribution is -2.33. The van der Waals surface area contributed by atoms with Crippen LogP contribution in [0.3, 0.4) is 0 Å². The van der Waals surface area contributed by atoms with Crippen LogP contribution in [0.5, 0.6) is 17.2 Å². The van der Waals surface area contributed by atoms with E-state index in [0.29, 0.717) is 22.4 Å². The summed E-state index contributed by atoms with van der Waals surface area (Å²) in [5, 5.41) is 14.0. The summed E-state index contributed by atoms with van der Waals surface area (Å²) in [6.45, 7) is 0.202. The molecule has 0 aliphatic carbocycles. The summed E-state index contributed by atoms with van der Waals surface area (Å²) < 4.78 is 26.0. The van der Waals surface area contributed by atoms with Crippen LogP contribution in [0.15, 0.2) is 68.5 Å². The molecule has 3 aromatic rings. The van der Waals surface area contributed by atoms with Gasteiger partial charge in [0.1, 0.15) is 17.7 Å². The second-order valence-electron chi connectivity index (χ2n) is 7.35. The van der Waals surface area contributed by atoms with Crippen molar-refractivity contribution in [2.24, 2.45) is 4.99 Å². The number of halogens is 3. The first-order chi connectivity index (χ1) is 15.0. The summed E-state index contributed by atoms with van der Waals surface area (Å²) in [7, 11) is 0. The van der Waals surface area contributed by atoms with Gasteiger partial charge < -0.3 is 14.6 Å². The minimum atomic E-state index is -0.422. The van der Waals surface area contributed by atoms with E-state index in [1.54, 1.807) is 24.3 Å². The van der Waals surface area contributed by atoms with Gasteiger partial charge in [-0.05, 0) is 75.6 Å². The second-order valence-corrected chi connectivity index (χ2v) is 9.12. The third-order valence-electron chi connectivity index (χ3n) is 5.37. The van der Waals surface area contributed by atoms with Gasteiger partial charge in [0.05, 0.1) is 4.47 Å². The van der Waals surface area contributed by atoms with E-state index < -0.39 is 6.17 Å². The zero-order valence-electron chi connectivity index (χ0n) is 16.1. The van der Waals surface area contributed by atoms with Crippen LogP contribution >= 0.6 is 31.9 Å². The fraction of sp³-hybridized carbons (Fsp3) is 0.174. The Morgan fingerprint density at radius 1 is 1.00 bits per heavy atom. The summed E-state index contributed by atoms with van der Waals surface area (Å²) in [5.74, 6) is 1.26. The van der Waals surface area contributed by atoms with Crippen molar-refractivity contribution in [2.45, 2.75) is 18.6 Å². The highest BCUT2D eigenvalue weighted by molar-refractivity contribution is 9.10. The van der Waals surface area contributed by atoms with Crippen LogP contribution in [0.25, 0.3) is 0 Å². The molecule has 2 aliphatic heterocycles. The van der Waals surface area contributed by atoms with Crippen molar-refractivity contribution in [1.82, 2.24) is 5.32 Å². The van der Waals surface area contributed by atoms with Gasteiger partial charge in [0.15, 0.2) is 11.5 Å². The summed E-state index contributed by atoms with van der Waals surface area (Å²) in [6.07, 6.45) is 0.136. The van der Waals surface area contributed by atoms with E-state index in [0.717, 1.165) is 26.9 Å². The van der Waals surface area contributed by atoms with Crippen LogP contribution in [-0.2, 0) is 0 Å². The number of benzene rings is 3. The standard InChI is InChI=1S/C23H17Br2FN2O3/c24-14-3-5-20(29)15(9-14)19-10-18(12-2-6-21-22(8-12)31-11-30-21)27-23(28-19)13-1-4-17(26)16(25)7-13/h1-9,19,23,28-29H,10-11H2/t19-,23-/m1/s1. The van der Waals surface area contributed by atoms with Crippen LogP contribution < -0.4 is 14.8 Å². The first-order valence-corrected chi connectivity index (χ1v) is 11.2. The molecule has 2 aliphatic rings. The Hall–Kier alpha value is -2.42. The molecule has 0 amide bonds. The van der Waals surface area contributed by atoms with Gasteiger partial charge in [0.2, 0.25) is 6.79 Å². The molecule has 0 spiro atoms. The Bertz CT molecular complexity index is 1200. The van der Waals surface area contributed by atoms with E-state index in [1.165, 1.54) is 6.07 Å². The van der Waals surface area contributed by atoms with Gasteiger partial charge >= 0.3 is 0 Å². The van der Waals surface area contributed by atoms with Gasteiger partial charge in [-0.3, -0.25) is 10.3 Å². The number of rotatable bonds is 3. The summed E-state index contributed by atoms with van der Waals surface area (Å²) >= 11 is 6.75. The molecule has 0 saturated carbocycles. The summed E-state index contributed by atoms with van der Waals surface area (Å²) in [6, 6.07) is 15.7. The molecule has 0 bridgehead atoms. The Morgan fingerprint density at radius 2 is 1.84 bits per heavy atom. The van der Waals surface area contributed by atoms with E-state index in [4.69, 9.17) is 14.5 Å². The Kier molecular flexibility index (Phi) is 5.45. The molecule has 2 heterocycles. The fourth-order valence-corrected chi connectivity index (χ4v) is 4.59. The van der Waals surface area contributed by atoms with Crippen LogP contribution in [0.1, 0.15) is 35.3 Å². The molecule has 0 saturated heterocycles. The molecular formula is C23H17Br2FN2O3. The van der Waals surface area contributed by atoms with Gasteiger partial charge in [0.25, 0.3) is 0 Å². The molecule has 2 N–H and O–H groups in total. The Balaban J connectivity index is 1.58. The van der Waals surface area contributed by atoms with Crippen molar-refractivity contribution in [3.63, 3.8) is 0 Å². The summed E-state index contributed by atoms with van der Waals surface area (Å²) in [5.41, 5.74) is 3.34. The number of hydrogen-bond donors (Lipinski definition) is 2. The lowest BCUT2D eigenvalue weighted by atomic mass is 9.93. The molecule has 0 aromatic heterocycles. The van der Waals surface area contributed by atoms with Crippen molar-refractivity contribution < 1.29 is 19.0 Å². The van der Waals surface area contributed by atoms with Crippen molar-refractivity contribution in [1.29, 1.82) is 0 Å². The first kappa shape index (κ1) is 20.5. The highest BCUT2D eigenvalue weighted by atomic mass is 79.9. The molecule has 3 aromatic carbocycles. The largest absolute Gasteiger partial charge is 0.508 e. The molecule has 0 unspecified atom stereocenters. The maximum Gasteiger partial charge on any atom is 0.231 e. The molecule has 31 heavy (non-hydrogen) atoms. The van der Waals surface area contributed by atoms with Crippen molar-refractivity contribution in [3.05, 3.63) is 86.1 Å². The molecule has 5 nitrogen and oxygen atoms in total. The smallest absolute Gasteiger partial charge is 0.231 e. The average molecular weight is 548 g/mol. The van der Waals surface area contributed by atoms with Crippen LogP contribution in [0, 0.1) is 5.82 Å². The molecule has 0 radical (unpaired) electrons. The molecule has 5 rings (SSSR count). The monoisotopic (exact) mass is 546 g/mol. The first-order valence-electron chi connectivity index (χ1n) is 9.64. The quantitative estimate of drug-likeness (QED) is 0.421. The molecule has 2 atom stereocenters. The Labute approximate surface area is 195 Å². The van der Waals surface area contributed by atoms with Gasteiger partial charge in [-0.1, -0.05) is 22.0 Å². The number of ether oxygens (including phenoxy) is 2. The number of phenols is 1. The highest BCUT2D eigenvalue weighted by Gasteiger charge is 2.29. The van der Waals surface area contributed by atoms with Crippen LogP contribution in [0.4, 0.5) is 4.39 Å². The SMILES string of the molecule is Oc1ccc(Br)cc1[C@H]1CC(c2ccc3c(c2)OCO3)=N[C@@H](c2ccc(F)c(Br)c2)N1. The molecule has 0 fully saturated rings. The van der Waals surface area contributed by atoms with Gasteiger partial charge in [-0.15, -0.1) is 0 Å². The summed E-state index contributed by atoms with van der Waals surface area (Å²) in [4.78, 5) is 4.92. The van der Waals surface area contributed by atoms with Crippen molar-refractivity contribution >= 4 is 37.6 Å². The predicted molar refractivity (Wildman–Crippen MR) is 122 cm³/mol. The van der Waals surface area contributed by atoms with E-state index in [-0.39, 0.29) is 24.4 Å². The fourth-order valence-electron chi connectivity index (χ4n) is 3.81. The van der Waals surface area contributed by atoms with Crippen molar-refractivity contribution in [2.75, 3.05) is 6.79 Å². The van der Waals surface area contributed by atoms with E-state index in [2.05, 4.69) is 37.2 Å². The molecular weight excluding hydrogens is 531 g/mol. The zero-order chi connectivity index (χ0) is 21.5. The number of fused-ring (bicyclic) bond motifs is 1. The van der Waals surface area contributed by atoms with E-state index in [9.17, 15) is 9.50 Å². The van der Waals surface area contributed by atoms with Gasteiger partial charge in [-0.2, -0.15) is 0 Å². The number of nitrogens with one attached hydrogen (secondary N) is 1. The number of aliphatic imine (C=N–C) groups is 1. The minimum Gasteiger partial charge on any atom is -0.508 e. The highest BCUT2D eigenvalue weighted by Crippen LogP contribution is 2.38. The Morgan fingerprint density at radius 3 is 2.68 bits per heavy atom. The van der Waals surface area contributed by atoms with Crippen LogP contribution in [-0.4, -0.2) is 17.6 Å². The number of aromatic hydroxyl groups is 1. The third kappa shape index (κ3) is 4.07. The second kappa shape index (κ2) is 8.26. The number of phenolic OH excluding ortho intramolecular Hbond substituents is 1. The maximum absolute atomic E-state index is 13.8. The van der Waals surface area contributed by atoms with E-state index in [1.807, 2.05) is 24.3 Å². The lowest BCUT2D eigenvalue weighted by Gasteiger charge is -2.31. The lowest BCUT2D eigenvalue weighted by molar-refractivity contribution is 0.174. The number of nitrogens with zero attached hydrogens (tertiary/aromatic N) is 1. The molecule has 158 valence electrons. The number of hydrogen-bond acceptors (Lipinski definition) is 5. The average Bonchev–Trinajstić information content (AvgIpc) is 3.25. The zero-order valence-corrected chi connectivity index (χ0v) is 19.3. The predicted octanol–water partition coefficient (Wildman–Crippen LogP) is 6.01.